The van der Waals surface area contributed by atoms with Crippen LogP contribution in [0.4, 0.5) is 0 Å². The van der Waals surface area contributed by atoms with Gasteiger partial charge in [0.05, 0.1) is 0 Å². The molecule has 2 aliphatic carbocycles. The third-order valence-corrected chi connectivity index (χ3v) is 7.88. The number of fused-ring (bicyclic) bond motifs is 1. The summed E-state index contributed by atoms with van der Waals surface area (Å²) in [6, 6.07) is 0. The molecule has 0 amide bonds. The third kappa shape index (κ3) is 1.96. The zero-order chi connectivity index (χ0) is 11.6. The number of hydrogen-bond acceptors (Lipinski definition) is 3. The second kappa shape index (κ2) is 5.17. The summed E-state index contributed by atoms with van der Waals surface area (Å²) < 4.78 is 16.9. The average Bonchev–Trinajstić information content (AvgIpc) is 2.48. The summed E-state index contributed by atoms with van der Waals surface area (Å²) in [5, 5.41) is 0. The van der Waals surface area contributed by atoms with Gasteiger partial charge in [0.1, 0.15) is 0 Å². The van der Waals surface area contributed by atoms with Crippen molar-refractivity contribution in [1.82, 2.24) is 0 Å². The van der Waals surface area contributed by atoms with Crippen molar-refractivity contribution in [3.63, 3.8) is 0 Å². The van der Waals surface area contributed by atoms with Gasteiger partial charge in [0.25, 0.3) is 0 Å². The van der Waals surface area contributed by atoms with Crippen molar-refractivity contribution in [2.75, 3.05) is 21.3 Å². The molecule has 94 valence electrons. The topological polar surface area (TPSA) is 27.7 Å². The van der Waals surface area contributed by atoms with Crippen LogP contribution in [0.2, 0.25) is 5.54 Å². The van der Waals surface area contributed by atoms with Crippen LogP contribution in [0.15, 0.2) is 0 Å². The highest BCUT2D eigenvalue weighted by Gasteiger charge is 2.58. The largest absolute Gasteiger partial charge is 0.503 e. The molecule has 0 N–H and O–H groups in total. The summed E-state index contributed by atoms with van der Waals surface area (Å²) >= 11 is 0. The highest BCUT2D eigenvalue weighted by Crippen LogP contribution is 2.56. The maximum absolute atomic E-state index is 5.62. The first-order valence-electron chi connectivity index (χ1n) is 6.43. The highest BCUT2D eigenvalue weighted by atomic mass is 28.4. The molecule has 3 nitrogen and oxygen atoms in total. The Kier molecular flexibility index (Phi) is 4.05. The molecule has 2 rings (SSSR count). The van der Waals surface area contributed by atoms with E-state index in [1.807, 2.05) is 0 Å². The van der Waals surface area contributed by atoms with Crippen LogP contribution in [0.3, 0.4) is 0 Å². The molecule has 4 heteroatoms. The smallest absolute Gasteiger partial charge is 0.377 e. The quantitative estimate of drug-likeness (QED) is 0.712. The fourth-order valence-corrected chi connectivity index (χ4v) is 6.61. The van der Waals surface area contributed by atoms with E-state index in [2.05, 4.69) is 0 Å². The first kappa shape index (κ1) is 12.6. The lowest BCUT2D eigenvalue weighted by Crippen LogP contribution is -2.56. The van der Waals surface area contributed by atoms with Crippen LogP contribution in [0.5, 0.6) is 0 Å². The maximum atomic E-state index is 5.62. The van der Waals surface area contributed by atoms with Crippen molar-refractivity contribution in [2.24, 2.45) is 11.8 Å². The van der Waals surface area contributed by atoms with Crippen molar-refractivity contribution >= 4 is 8.80 Å². The van der Waals surface area contributed by atoms with Crippen LogP contribution in [0.1, 0.15) is 38.5 Å². The standard InChI is InChI=1S/C12H24O3Si/c1-13-16(14-2,15-3)12-9-10-7-5-4-6-8-11(10)12/h10-12H,4-9H2,1-3H3. The lowest BCUT2D eigenvalue weighted by molar-refractivity contribution is 0.0470. The minimum absolute atomic E-state index is 0.551. The van der Waals surface area contributed by atoms with Crippen LogP contribution in [0, 0.1) is 11.8 Å². The molecule has 0 heterocycles. The molecule has 3 unspecified atom stereocenters. The Morgan fingerprint density at radius 1 is 0.875 bits per heavy atom. The summed E-state index contributed by atoms with van der Waals surface area (Å²) in [5.41, 5.74) is 0.551. The van der Waals surface area contributed by atoms with E-state index in [4.69, 9.17) is 13.3 Å². The Bertz CT molecular complexity index is 222. The molecule has 0 aliphatic heterocycles. The zero-order valence-corrected chi connectivity index (χ0v) is 11.7. The number of hydrogen-bond donors (Lipinski definition) is 0. The van der Waals surface area contributed by atoms with Crippen LogP contribution in [0.25, 0.3) is 0 Å². The lowest BCUT2D eigenvalue weighted by atomic mass is 9.70. The Morgan fingerprint density at radius 2 is 1.50 bits per heavy atom. The summed E-state index contributed by atoms with van der Waals surface area (Å²) in [7, 11) is 2.85. The second-order valence-corrected chi connectivity index (χ2v) is 8.29. The molecular weight excluding hydrogens is 220 g/mol. The van der Waals surface area contributed by atoms with Crippen LogP contribution >= 0.6 is 0 Å². The first-order valence-corrected chi connectivity index (χ1v) is 8.23. The monoisotopic (exact) mass is 244 g/mol. The zero-order valence-electron chi connectivity index (χ0n) is 10.7. The molecule has 0 aromatic carbocycles. The summed E-state index contributed by atoms with van der Waals surface area (Å²) in [4.78, 5) is 0. The van der Waals surface area contributed by atoms with Crippen molar-refractivity contribution in [1.29, 1.82) is 0 Å². The minimum atomic E-state index is -2.36. The second-order valence-electron chi connectivity index (χ2n) is 5.12. The molecule has 0 bridgehead atoms. The van der Waals surface area contributed by atoms with Crippen molar-refractivity contribution in [2.45, 2.75) is 44.1 Å². The molecule has 2 aliphatic rings. The van der Waals surface area contributed by atoms with Gasteiger partial charge in [0.2, 0.25) is 0 Å². The fourth-order valence-electron chi connectivity index (χ4n) is 3.65. The van der Waals surface area contributed by atoms with Crippen molar-refractivity contribution in [3.8, 4) is 0 Å². The molecular formula is C12H24O3Si. The maximum Gasteiger partial charge on any atom is 0.503 e. The van der Waals surface area contributed by atoms with Gasteiger partial charge in [-0.3, -0.25) is 0 Å². The summed E-state index contributed by atoms with van der Waals surface area (Å²) in [6.07, 6.45) is 8.20. The van der Waals surface area contributed by atoms with Gasteiger partial charge in [0, 0.05) is 26.9 Å². The third-order valence-electron chi connectivity index (χ3n) is 4.60. The Morgan fingerprint density at radius 3 is 2.12 bits per heavy atom. The molecule has 2 fully saturated rings. The van der Waals surface area contributed by atoms with Gasteiger partial charge in [-0.05, 0) is 24.7 Å². The molecule has 16 heavy (non-hydrogen) atoms. The van der Waals surface area contributed by atoms with E-state index in [0.717, 1.165) is 11.8 Å². The molecule has 2 saturated carbocycles. The first-order chi connectivity index (χ1) is 7.77. The number of rotatable bonds is 4. The van der Waals surface area contributed by atoms with Gasteiger partial charge in [-0.2, -0.15) is 0 Å². The normalized spacial score (nSPS) is 35.1. The highest BCUT2D eigenvalue weighted by molar-refractivity contribution is 6.62. The van der Waals surface area contributed by atoms with Crippen LogP contribution < -0.4 is 0 Å². The molecule has 0 spiro atoms. The molecule has 0 saturated heterocycles. The van der Waals surface area contributed by atoms with Gasteiger partial charge in [-0.25, -0.2) is 0 Å². The van der Waals surface area contributed by atoms with E-state index in [1.54, 1.807) is 21.3 Å². The van der Waals surface area contributed by atoms with E-state index < -0.39 is 8.80 Å². The minimum Gasteiger partial charge on any atom is -0.377 e. The average molecular weight is 244 g/mol. The van der Waals surface area contributed by atoms with E-state index >= 15 is 0 Å². The fraction of sp³-hybridized carbons (Fsp3) is 1.00. The Hall–Kier alpha value is 0.0969. The molecule has 0 aromatic heterocycles. The predicted molar refractivity (Wildman–Crippen MR) is 65.2 cm³/mol. The van der Waals surface area contributed by atoms with E-state index in [-0.39, 0.29) is 0 Å². The Labute approximate surface area is 99.8 Å². The van der Waals surface area contributed by atoms with Gasteiger partial charge >= 0.3 is 8.80 Å². The van der Waals surface area contributed by atoms with E-state index in [9.17, 15) is 0 Å². The van der Waals surface area contributed by atoms with Crippen LogP contribution in [-0.4, -0.2) is 30.1 Å². The summed E-state index contributed by atoms with van der Waals surface area (Å²) in [5.74, 6) is 1.72. The predicted octanol–water partition coefficient (Wildman–Crippen LogP) is 2.83. The molecule has 0 aromatic rings. The lowest BCUT2D eigenvalue weighted by Gasteiger charge is -2.49. The summed E-state index contributed by atoms with van der Waals surface area (Å²) in [6.45, 7) is 0. The SMILES string of the molecule is CO[Si](OC)(OC)C1CC2CCCCCC21. The van der Waals surface area contributed by atoms with Crippen molar-refractivity contribution < 1.29 is 13.3 Å². The van der Waals surface area contributed by atoms with Gasteiger partial charge < -0.3 is 13.3 Å². The Balaban J connectivity index is 2.05. The van der Waals surface area contributed by atoms with Gasteiger partial charge in [-0.1, -0.05) is 25.7 Å². The molecule has 3 atom stereocenters. The van der Waals surface area contributed by atoms with E-state index in [0.29, 0.717) is 5.54 Å². The van der Waals surface area contributed by atoms with Gasteiger partial charge in [-0.15, -0.1) is 0 Å². The van der Waals surface area contributed by atoms with Crippen molar-refractivity contribution in [3.05, 3.63) is 0 Å². The molecule has 0 radical (unpaired) electrons. The van der Waals surface area contributed by atoms with Gasteiger partial charge in [0.15, 0.2) is 0 Å². The van der Waals surface area contributed by atoms with E-state index in [1.165, 1.54) is 38.5 Å². The van der Waals surface area contributed by atoms with Crippen LogP contribution in [-0.2, 0) is 13.3 Å².